The molecule has 2 N–H and O–H groups in total. The van der Waals surface area contributed by atoms with Crippen molar-refractivity contribution >= 4 is 0 Å². The van der Waals surface area contributed by atoms with Crippen molar-refractivity contribution in [1.29, 1.82) is 0 Å². The van der Waals surface area contributed by atoms with Gasteiger partial charge in [-0.2, -0.15) is 0 Å². The molecule has 4 atom stereocenters. The number of ether oxygens (including phenoxy) is 1. The van der Waals surface area contributed by atoms with Gasteiger partial charge in [0.25, 0.3) is 5.56 Å². The van der Waals surface area contributed by atoms with Crippen LogP contribution in [0.5, 0.6) is 5.75 Å². The second-order valence-electron chi connectivity index (χ2n) is 12.2. The minimum absolute atomic E-state index is 0.00115. The monoisotopic (exact) mass is 481 g/mol. The summed E-state index contributed by atoms with van der Waals surface area (Å²) in [6, 6.07) is 12.3. The minimum Gasteiger partial charge on any atom is -0.490 e. The zero-order valence-corrected chi connectivity index (χ0v) is 22.6. The molecule has 1 saturated heterocycles. The van der Waals surface area contributed by atoms with Crippen LogP contribution in [0.4, 0.5) is 0 Å². The van der Waals surface area contributed by atoms with Crippen molar-refractivity contribution in [3.8, 4) is 5.75 Å². The molecule has 2 aromatic rings. The molecule has 35 heavy (non-hydrogen) atoms. The second-order valence-corrected chi connectivity index (χ2v) is 12.2. The number of nitrogens with zero attached hydrogens (tertiary/aromatic N) is 1. The second kappa shape index (κ2) is 10.1. The third kappa shape index (κ3) is 5.51. The zero-order valence-electron chi connectivity index (χ0n) is 22.6. The van der Waals surface area contributed by atoms with Crippen molar-refractivity contribution in [3.63, 3.8) is 0 Å². The predicted octanol–water partition coefficient (Wildman–Crippen LogP) is 3.67. The molecule has 0 amide bonds. The highest BCUT2D eigenvalue weighted by Gasteiger charge is 2.37. The Morgan fingerprint density at radius 2 is 1.83 bits per heavy atom. The standard InChI is InChI=1S/C30H44N2O3/c1-7-29(3,4)23-12-13-27(25(15-23)30(5,6)8-2)35-20-24(33)19-31-16-21-14-22(18-31)26-10-9-11-28(34)32(26)17-21/h9-13,15,21-22,24,33H,7-8,14,16-20H2,1-6H3/p+1/t21-,22-,24?/m1/s1. The van der Waals surface area contributed by atoms with Crippen molar-refractivity contribution in [2.75, 3.05) is 26.2 Å². The van der Waals surface area contributed by atoms with Gasteiger partial charge in [0.1, 0.15) is 25.0 Å². The number of hydrogen-bond donors (Lipinski definition) is 2. The van der Waals surface area contributed by atoms with E-state index in [1.54, 1.807) is 6.07 Å². The summed E-state index contributed by atoms with van der Waals surface area (Å²) in [6.07, 6.45) is 2.73. The van der Waals surface area contributed by atoms with E-state index in [4.69, 9.17) is 4.74 Å². The Labute approximate surface area is 211 Å². The number of pyridine rings is 1. The first-order valence-corrected chi connectivity index (χ1v) is 13.5. The van der Waals surface area contributed by atoms with Crippen LogP contribution in [-0.4, -0.2) is 42.0 Å². The number of fused-ring (bicyclic) bond motifs is 4. The van der Waals surface area contributed by atoms with Gasteiger partial charge in [-0.25, -0.2) is 0 Å². The summed E-state index contributed by atoms with van der Waals surface area (Å²) < 4.78 is 8.26. The number of hydrogen-bond acceptors (Lipinski definition) is 3. The number of likely N-dealkylation sites (tertiary alicyclic amines) is 1. The van der Waals surface area contributed by atoms with Crippen molar-refractivity contribution < 1.29 is 14.7 Å². The average Bonchev–Trinajstić information content (AvgIpc) is 2.83. The Kier molecular flexibility index (Phi) is 7.49. The molecule has 0 spiro atoms. The van der Waals surface area contributed by atoms with E-state index in [1.807, 2.05) is 10.6 Å². The van der Waals surface area contributed by atoms with Crippen LogP contribution in [0.3, 0.4) is 0 Å². The summed E-state index contributed by atoms with van der Waals surface area (Å²) in [7, 11) is 0. The van der Waals surface area contributed by atoms with E-state index in [9.17, 15) is 9.90 Å². The Balaban J connectivity index is 1.43. The topological polar surface area (TPSA) is 55.9 Å². The first kappa shape index (κ1) is 26.0. The van der Waals surface area contributed by atoms with E-state index in [0.29, 0.717) is 25.0 Å². The lowest BCUT2D eigenvalue weighted by atomic mass is 9.76. The van der Waals surface area contributed by atoms with Gasteiger partial charge in [-0.1, -0.05) is 59.7 Å². The lowest BCUT2D eigenvalue weighted by molar-refractivity contribution is -0.914. The van der Waals surface area contributed by atoms with Crippen LogP contribution in [0.15, 0.2) is 41.2 Å². The SMILES string of the molecule is CCC(C)(C)c1ccc(OCC(O)C[NH+]2C[C@H]3C[C@H](C2)c2cccc(=O)n2C3)c(C(C)(C)CC)c1. The Morgan fingerprint density at radius 3 is 2.54 bits per heavy atom. The molecule has 0 radical (unpaired) electrons. The predicted molar refractivity (Wildman–Crippen MR) is 142 cm³/mol. The maximum Gasteiger partial charge on any atom is 0.250 e. The molecule has 3 heterocycles. The third-order valence-corrected chi connectivity index (χ3v) is 8.89. The van der Waals surface area contributed by atoms with Crippen LogP contribution < -0.4 is 15.2 Å². The Hall–Kier alpha value is -2.11. The van der Waals surface area contributed by atoms with Crippen molar-refractivity contribution in [2.24, 2.45) is 5.92 Å². The molecule has 0 saturated carbocycles. The molecular formula is C30H45N2O3+. The van der Waals surface area contributed by atoms with E-state index in [1.165, 1.54) is 21.7 Å². The normalized spacial score (nSPS) is 23.0. The smallest absolute Gasteiger partial charge is 0.250 e. The fraction of sp³-hybridized carbons (Fsp3) is 0.633. The lowest BCUT2D eigenvalue weighted by Gasteiger charge is -2.40. The first-order chi connectivity index (χ1) is 16.5. The molecule has 4 rings (SSSR count). The molecule has 2 aliphatic heterocycles. The van der Waals surface area contributed by atoms with Crippen LogP contribution in [0.1, 0.15) is 83.5 Å². The minimum atomic E-state index is -0.522. The molecule has 1 aromatic heterocycles. The van der Waals surface area contributed by atoms with Crippen molar-refractivity contribution in [2.45, 2.75) is 90.2 Å². The summed E-state index contributed by atoms with van der Waals surface area (Å²) >= 11 is 0. The van der Waals surface area contributed by atoms with Gasteiger partial charge in [0.2, 0.25) is 0 Å². The highest BCUT2D eigenvalue weighted by molar-refractivity contribution is 5.44. The molecule has 2 unspecified atom stereocenters. The molecule has 1 fully saturated rings. The molecule has 2 bridgehead atoms. The molecule has 2 aliphatic rings. The average molecular weight is 482 g/mol. The molecule has 1 aromatic carbocycles. The fourth-order valence-electron chi connectivity index (χ4n) is 5.86. The van der Waals surface area contributed by atoms with Crippen LogP contribution in [0.25, 0.3) is 0 Å². The molecule has 5 nitrogen and oxygen atoms in total. The van der Waals surface area contributed by atoms with Gasteiger partial charge in [-0.3, -0.25) is 4.79 Å². The first-order valence-electron chi connectivity index (χ1n) is 13.5. The van der Waals surface area contributed by atoms with Crippen LogP contribution >= 0.6 is 0 Å². The highest BCUT2D eigenvalue weighted by atomic mass is 16.5. The quantitative estimate of drug-likeness (QED) is 0.575. The van der Waals surface area contributed by atoms with Crippen molar-refractivity contribution in [1.82, 2.24) is 4.57 Å². The van der Waals surface area contributed by atoms with Gasteiger partial charge < -0.3 is 19.3 Å². The number of aromatic nitrogens is 1. The van der Waals surface area contributed by atoms with E-state index in [0.717, 1.165) is 44.6 Å². The maximum absolute atomic E-state index is 12.3. The molecule has 5 heteroatoms. The fourth-order valence-corrected chi connectivity index (χ4v) is 5.86. The highest BCUT2D eigenvalue weighted by Crippen LogP contribution is 2.38. The third-order valence-electron chi connectivity index (χ3n) is 8.89. The molecule has 0 aliphatic carbocycles. The maximum atomic E-state index is 12.3. The Bertz CT molecular complexity index is 1090. The summed E-state index contributed by atoms with van der Waals surface area (Å²) in [6.45, 7) is 17.3. The number of rotatable bonds is 9. The van der Waals surface area contributed by atoms with Gasteiger partial charge in [0.05, 0.1) is 13.1 Å². The van der Waals surface area contributed by atoms with E-state index in [-0.39, 0.29) is 16.4 Å². The number of quaternary nitrogens is 1. The Morgan fingerprint density at radius 1 is 1.09 bits per heavy atom. The van der Waals surface area contributed by atoms with Gasteiger partial charge in [-0.15, -0.1) is 0 Å². The summed E-state index contributed by atoms with van der Waals surface area (Å²) in [5.74, 6) is 1.78. The van der Waals surface area contributed by atoms with Gasteiger partial charge in [-0.05, 0) is 47.8 Å². The summed E-state index contributed by atoms with van der Waals surface area (Å²) in [4.78, 5) is 13.7. The van der Waals surface area contributed by atoms with Gasteiger partial charge in [0.15, 0.2) is 0 Å². The number of piperidine rings is 1. The lowest BCUT2D eigenvalue weighted by Crippen LogP contribution is -3.15. The number of aliphatic hydroxyl groups excluding tert-OH is 1. The zero-order chi connectivity index (χ0) is 25.4. The largest absolute Gasteiger partial charge is 0.490 e. The summed E-state index contributed by atoms with van der Waals surface area (Å²) in [5, 5.41) is 10.9. The van der Waals surface area contributed by atoms with E-state index >= 15 is 0 Å². The van der Waals surface area contributed by atoms with Crippen LogP contribution in [0.2, 0.25) is 0 Å². The van der Waals surface area contributed by atoms with Gasteiger partial charge in [0, 0.05) is 35.7 Å². The van der Waals surface area contributed by atoms with Gasteiger partial charge >= 0.3 is 0 Å². The van der Waals surface area contributed by atoms with Crippen LogP contribution in [-0.2, 0) is 17.4 Å². The number of nitrogens with one attached hydrogen (secondary N) is 1. The number of aliphatic hydroxyl groups is 1. The van der Waals surface area contributed by atoms with Crippen molar-refractivity contribution in [3.05, 3.63) is 63.6 Å². The summed E-state index contributed by atoms with van der Waals surface area (Å²) in [5.41, 5.74) is 3.98. The molecule has 192 valence electrons. The van der Waals surface area contributed by atoms with Crippen LogP contribution in [0, 0.1) is 5.92 Å². The number of benzene rings is 1. The van der Waals surface area contributed by atoms with E-state index in [2.05, 4.69) is 65.8 Å². The van der Waals surface area contributed by atoms with E-state index < -0.39 is 6.10 Å². The molecular weight excluding hydrogens is 436 g/mol.